The maximum absolute atomic E-state index is 9.58. The molecule has 0 bridgehead atoms. The summed E-state index contributed by atoms with van der Waals surface area (Å²) in [6, 6.07) is 0. The van der Waals surface area contributed by atoms with E-state index in [9.17, 15) is 5.11 Å². The summed E-state index contributed by atoms with van der Waals surface area (Å²) in [5.41, 5.74) is 0. The Balaban J connectivity index is 2.02. The predicted octanol–water partition coefficient (Wildman–Crippen LogP) is 0.645. The standard InChI is InChI=1S/C11H21N3O3/c1-3-4-5-16-8-10(15)6-12-7-11-13-9(2)17-14-11/h10,12,15H,3-8H2,1-2H3. The van der Waals surface area contributed by atoms with E-state index in [0.717, 1.165) is 12.8 Å². The van der Waals surface area contributed by atoms with Crippen molar-refractivity contribution in [2.45, 2.75) is 39.3 Å². The number of nitrogens with one attached hydrogen (secondary N) is 1. The summed E-state index contributed by atoms with van der Waals surface area (Å²) in [4.78, 5) is 4.04. The van der Waals surface area contributed by atoms with Gasteiger partial charge >= 0.3 is 0 Å². The number of nitrogens with zero attached hydrogens (tertiary/aromatic N) is 2. The van der Waals surface area contributed by atoms with Gasteiger partial charge in [-0.2, -0.15) is 4.98 Å². The molecule has 6 heteroatoms. The molecule has 1 unspecified atom stereocenters. The average Bonchev–Trinajstić information content (AvgIpc) is 2.71. The monoisotopic (exact) mass is 243 g/mol. The van der Waals surface area contributed by atoms with Crippen LogP contribution in [0.5, 0.6) is 0 Å². The van der Waals surface area contributed by atoms with E-state index >= 15 is 0 Å². The summed E-state index contributed by atoms with van der Waals surface area (Å²) in [5, 5.41) is 16.4. The first-order valence-corrected chi connectivity index (χ1v) is 5.98. The molecule has 0 amide bonds. The third-order valence-electron chi connectivity index (χ3n) is 2.19. The van der Waals surface area contributed by atoms with Crippen LogP contribution in [0, 0.1) is 6.92 Å². The molecule has 1 aromatic rings. The minimum atomic E-state index is -0.500. The highest BCUT2D eigenvalue weighted by atomic mass is 16.5. The van der Waals surface area contributed by atoms with Crippen LogP contribution in [-0.4, -0.2) is 41.1 Å². The highest BCUT2D eigenvalue weighted by molar-refractivity contribution is 4.82. The van der Waals surface area contributed by atoms with Crippen LogP contribution in [0.2, 0.25) is 0 Å². The molecule has 0 spiro atoms. The maximum atomic E-state index is 9.58. The SMILES string of the molecule is CCCCOCC(O)CNCc1noc(C)n1. The molecule has 0 fully saturated rings. The molecule has 0 aromatic carbocycles. The Labute approximate surface area is 101 Å². The van der Waals surface area contributed by atoms with Crippen molar-refractivity contribution < 1.29 is 14.4 Å². The summed E-state index contributed by atoms with van der Waals surface area (Å²) in [6.07, 6.45) is 1.63. The van der Waals surface area contributed by atoms with Crippen molar-refractivity contribution in [2.24, 2.45) is 0 Å². The number of aromatic nitrogens is 2. The highest BCUT2D eigenvalue weighted by Gasteiger charge is 2.05. The van der Waals surface area contributed by atoms with E-state index in [1.165, 1.54) is 0 Å². The lowest BCUT2D eigenvalue weighted by Crippen LogP contribution is -2.30. The number of aliphatic hydroxyl groups excluding tert-OH is 1. The summed E-state index contributed by atoms with van der Waals surface area (Å²) < 4.78 is 10.1. The Morgan fingerprint density at radius 3 is 3.00 bits per heavy atom. The number of aliphatic hydroxyl groups is 1. The van der Waals surface area contributed by atoms with Crippen molar-refractivity contribution in [3.63, 3.8) is 0 Å². The van der Waals surface area contributed by atoms with Gasteiger partial charge in [0.2, 0.25) is 5.89 Å². The van der Waals surface area contributed by atoms with Crippen LogP contribution in [-0.2, 0) is 11.3 Å². The number of hydrogen-bond donors (Lipinski definition) is 2. The normalized spacial score (nSPS) is 12.9. The zero-order chi connectivity index (χ0) is 12.5. The molecule has 1 heterocycles. The van der Waals surface area contributed by atoms with Crippen LogP contribution < -0.4 is 5.32 Å². The number of unbranched alkanes of at least 4 members (excludes halogenated alkanes) is 1. The summed E-state index contributed by atoms with van der Waals surface area (Å²) in [6.45, 7) is 5.86. The quantitative estimate of drug-likeness (QED) is 0.620. The van der Waals surface area contributed by atoms with Crippen molar-refractivity contribution in [1.29, 1.82) is 0 Å². The van der Waals surface area contributed by atoms with Gasteiger partial charge in [-0.15, -0.1) is 0 Å². The second kappa shape index (κ2) is 8.16. The van der Waals surface area contributed by atoms with Gasteiger partial charge in [-0.25, -0.2) is 0 Å². The van der Waals surface area contributed by atoms with Crippen LogP contribution in [0.1, 0.15) is 31.5 Å². The van der Waals surface area contributed by atoms with E-state index in [0.29, 0.717) is 38.0 Å². The van der Waals surface area contributed by atoms with Gasteiger partial charge in [0.15, 0.2) is 5.82 Å². The van der Waals surface area contributed by atoms with Crippen LogP contribution in [0.4, 0.5) is 0 Å². The van der Waals surface area contributed by atoms with Gasteiger partial charge < -0.3 is 19.7 Å². The van der Waals surface area contributed by atoms with Crippen molar-refractivity contribution in [3.05, 3.63) is 11.7 Å². The molecule has 0 aliphatic heterocycles. The topological polar surface area (TPSA) is 80.4 Å². The van der Waals surface area contributed by atoms with Crippen molar-refractivity contribution >= 4 is 0 Å². The molecule has 0 saturated carbocycles. The lowest BCUT2D eigenvalue weighted by Gasteiger charge is -2.11. The van der Waals surface area contributed by atoms with Crippen molar-refractivity contribution in [2.75, 3.05) is 19.8 Å². The van der Waals surface area contributed by atoms with Gasteiger partial charge in [0.05, 0.1) is 19.3 Å². The lowest BCUT2D eigenvalue weighted by atomic mass is 10.3. The highest BCUT2D eigenvalue weighted by Crippen LogP contribution is 1.94. The number of ether oxygens (including phenoxy) is 1. The molecule has 1 rings (SSSR count). The fourth-order valence-corrected chi connectivity index (χ4v) is 1.29. The molecule has 6 nitrogen and oxygen atoms in total. The number of aryl methyl sites for hydroxylation is 1. The zero-order valence-electron chi connectivity index (χ0n) is 10.5. The number of hydrogen-bond acceptors (Lipinski definition) is 6. The largest absolute Gasteiger partial charge is 0.389 e. The van der Waals surface area contributed by atoms with Crippen LogP contribution in [0.25, 0.3) is 0 Å². The first kappa shape index (κ1) is 14.1. The first-order chi connectivity index (χ1) is 8.22. The van der Waals surface area contributed by atoms with Gasteiger partial charge in [0.25, 0.3) is 0 Å². The van der Waals surface area contributed by atoms with Crippen LogP contribution in [0.15, 0.2) is 4.52 Å². The van der Waals surface area contributed by atoms with Gasteiger partial charge in [0, 0.05) is 20.1 Å². The van der Waals surface area contributed by atoms with E-state index < -0.39 is 6.10 Å². The molecule has 0 radical (unpaired) electrons. The lowest BCUT2D eigenvalue weighted by molar-refractivity contribution is 0.0357. The van der Waals surface area contributed by atoms with Gasteiger partial charge in [-0.05, 0) is 6.42 Å². The molecule has 98 valence electrons. The fourth-order valence-electron chi connectivity index (χ4n) is 1.29. The summed E-state index contributed by atoms with van der Waals surface area (Å²) in [7, 11) is 0. The molecule has 2 N–H and O–H groups in total. The van der Waals surface area contributed by atoms with E-state index in [1.54, 1.807) is 6.92 Å². The van der Waals surface area contributed by atoms with E-state index in [-0.39, 0.29) is 0 Å². The van der Waals surface area contributed by atoms with E-state index in [4.69, 9.17) is 9.26 Å². The van der Waals surface area contributed by atoms with E-state index in [1.807, 2.05) is 0 Å². The Morgan fingerprint density at radius 1 is 1.53 bits per heavy atom. The third kappa shape index (κ3) is 6.35. The molecule has 17 heavy (non-hydrogen) atoms. The van der Waals surface area contributed by atoms with Crippen LogP contribution in [0.3, 0.4) is 0 Å². The fraction of sp³-hybridized carbons (Fsp3) is 0.818. The molecular formula is C11H21N3O3. The molecule has 0 saturated heterocycles. The van der Waals surface area contributed by atoms with Gasteiger partial charge in [-0.3, -0.25) is 0 Å². The first-order valence-electron chi connectivity index (χ1n) is 5.98. The Bertz CT molecular complexity index is 304. The molecule has 1 atom stereocenters. The summed E-state index contributed by atoms with van der Waals surface area (Å²) >= 11 is 0. The minimum absolute atomic E-state index is 0.359. The third-order valence-corrected chi connectivity index (χ3v) is 2.19. The Hall–Kier alpha value is -0.980. The van der Waals surface area contributed by atoms with Gasteiger partial charge in [0.1, 0.15) is 0 Å². The zero-order valence-corrected chi connectivity index (χ0v) is 10.5. The molecule has 0 aliphatic carbocycles. The smallest absolute Gasteiger partial charge is 0.223 e. The molecule has 0 aliphatic rings. The van der Waals surface area contributed by atoms with Crippen LogP contribution >= 0.6 is 0 Å². The van der Waals surface area contributed by atoms with Gasteiger partial charge in [-0.1, -0.05) is 18.5 Å². The minimum Gasteiger partial charge on any atom is -0.389 e. The van der Waals surface area contributed by atoms with Crippen molar-refractivity contribution in [3.8, 4) is 0 Å². The van der Waals surface area contributed by atoms with E-state index in [2.05, 4.69) is 22.4 Å². The summed E-state index contributed by atoms with van der Waals surface area (Å²) in [5.74, 6) is 1.15. The Morgan fingerprint density at radius 2 is 2.35 bits per heavy atom. The maximum Gasteiger partial charge on any atom is 0.223 e. The molecular weight excluding hydrogens is 222 g/mol. The average molecular weight is 243 g/mol. The predicted molar refractivity (Wildman–Crippen MR) is 62.5 cm³/mol. The second-order valence-electron chi connectivity index (χ2n) is 3.94. The van der Waals surface area contributed by atoms with Crippen molar-refractivity contribution in [1.82, 2.24) is 15.5 Å². The number of rotatable bonds is 9. The Kier molecular flexibility index (Phi) is 6.76. The molecule has 1 aromatic heterocycles. The second-order valence-corrected chi connectivity index (χ2v) is 3.94.